The number of aryl methyl sites for hydroxylation is 1. The summed E-state index contributed by atoms with van der Waals surface area (Å²) < 4.78 is 24.2. The van der Waals surface area contributed by atoms with Gasteiger partial charge in [-0.15, -0.1) is 0 Å². The van der Waals surface area contributed by atoms with E-state index < -0.39 is 0 Å². The molecule has 0 radical (unpaired) electrons. The largest absolute Gasteiger partial charge is 0.462 e. The fraction of sp³-hybridized carbons (Fsp3) is 0.444. The van der Waals surface area contributed by atoms with E-state index in [9.17, 15) is 9.59 Å². The SMILES string of the molecule is O=C1CC2C(CC(OC(=O)c3ccc(-c4ccccc4)cc3)C2CC[C@H](CCc2ccccc2)O[C@@H]2CCCCO2)O1. The molecule has 3 fully saturated rings. The van der Waals surface area contributed by atoms with Crippen molar-refractivity contribution < 1.29 is 28.5 Å². The molecule has 2 aliphatic heterocycles. The zero-order valence-corrected chi connectivity index (χ0v) is 24.1. The molecule has 0 aromatic heterocycles. The predicted molar refractivity (Wildman–Crippen MR) is 160 cm³/mol. The molecule has 3 aromatic carbocycles. The molecule has 1 saturated carbocycles. The van der Waals surface area contributed by atoms with Gasteiger partial charge in [0.15, 0.2) is 6.29 Å². The summed E-state index contributed by atoms with van der Waals surface area (Å²) in [5, 5.41) is 0. The molecule has 2 heterocycles. The van der Waals surface area contributed by atoms with Crippen LogP contribution in [0.4, 0.5) is 0 Å². The van der Waals surface area contributed by atoms with Gasteiger partial charge in [0.05, 0.1) is 18.1 Å². The fourth-order valence-electron chi connectivity index (χ4n) is 6.79. The number of carbonyl (C=O) groups excluding carboxylic acids is 2. The summed E-state index contributed by atoms with van der Waals surface area (Å²) in [7, 11) is 0. The molecule has 2 saturated heterocycles. The molecule has 6 heteroatoms. The Labute approximate surface area is 248 Å². The van der Waals surface area contributed by atoms with Crippen LogP contribution in [-0.4, -0.2) is 43.1 Å². The highest BCUT2D eigenvalue weighted by Crippen LogP contribution is 2.45. The average Bonchev–Trinajstić information content (AvgIpc) is 3.55. The molecule has 0 spiro atoms. The van der Waals surface area contributed by atoms with Gasteiger partial charge in [0.25, 0.3) is 0 Å². The first-order chi connectivity index (χ1) is 20.6. The lowest BCUT2D eigenvalue weighted by atomic mass is 9.86. The molecule has 6 rings (SSSR count). The van der Waals surface area contributed by atoms with Gasteiger partial charge in [0, 0.05) is 24.9 Å². The van der Waals surface area contributed by atoms with Crippen molar-refractivity contribution in [2.75, 3.05) is 6.61 Å². The van der Waals surface area contributed by atoms with Crippen LogP contribution < -0.4 is 0 Å². The Morgan fingerprint density at radius 1 is 0.881 bits per heavy atom. The van der Waals surface area contributed by atoms with Gasteiger partial charge in [0.1, 0.15) is 12.2 Å². The first kappa shape index (κ1) is 28.6. The minimum Gasteiger partial charge on any atom is -0.462 e. The van der Waals surface area contributed by atoms with Gasteiger partial charge in [-0.3, -0.25) is 4.79 Å². The van der Waals surface area contributed by atoms with Crippen LogP contribution in [0.15, 0.2) is 84.9 Å². The second-order valence-electron chi connectivity index (χ2n) is 11.8. The summed E-state index contributed by atoms with van der Waals surface area (Å²) in [6, 6.07) is 28.1. The monoisotopic (exact) mass is 568 g/mol. The zero-order chi connectivity index (χ0) is 28.7. The highest BCUT2D eigenvalue weighted by molar-refractivity contribution is 5.90. The van der Waals surface area contributed by atoms with Gasteiger partial charge in [-0.1, -0.05) is 72.8 Å². The van der Waals surface area contributed by atoms with Crippen LogP contribution in [0.5, 0.6) is 0 Å². The summed E-state index contributed by atoms with van der Waals surface area (Å²) in [5.41, 5.74) is 3.97. The molecule has 42 heavy (non-hydrogen) atoms. The van der Waals surface area contributed by atoms with E-state index in [1.165, 1.54) is 5.56 Å². The molecule has 6 nitrogen and oxygen atoms in total. The van der Waals surface area contributed by atoms with Crippen molar-refractivity contribution in [3.8, 4) is 11.1 Å². The van der Waals surface area contributed by atoms with E-state index in [1.807, 2.05) is 60.7 Å². The van der Waals surface area contributed by atoms with Crippen molar-refractivity contribution >= 4 is 11.9 Å². The number of ether oxygens (including phenoxy) is 4. The Bertz CT molecular complexity index is 1300. The topological polar surface area (TPSA) is 71.1 Å². The normalized spacial score (nSPS) is 25.9. The zero-order valence-electron chi connectivity index (χ0n) is 24.1. The number of hydrogen-bond acceptors (Lipinski definition) is 6. The van der Waals surface area contributed by atoms with Crippen molar-refractivity contribution in [1.29, 1.82) is 0 Å². The Hall–Kier alpha value is -3.48. The number of fused-ring (bicyclic) bond motifs is 1. The molecular weight excluding hydrogens is 528 g/mol. The van der Waals surface area contributed by atoms with Crippen LogP contribution in [0.1, 0.15) is 67.3 Å². The van der Waals surface area contributed by atoms with Gasteiger partial charge >= 0.3 is 11.9 Å². The van der Waals surface area contributed by atoms with Crippen LogP contribution in [0.2, 0.25) is 0 Å². The quantitative estimate of drug-likeness (QED) is 0.229. The summed E-state index contributed by atoms with van der Waals surface area (Å²) in [6.45, 7) is 0.742. The maximum absolute atomic E-state index is 13.3. The molecule has 0 N–H and O–H groups in total. The molecule has 220 valence electrons. The fourth-order valence-corrected chi connectivity index (χ4v) is 6.79. The Balaban J connectivity index is 1.12. The van der Waals surface area contributed by atoms with Crippen LogP contribution in [-0.2, 0) is 30.2 Å². The van der Waals surface area contributed by atoms with E-state index >= 15 is 0 Å². The summed E-state index contributed by atoms with van der Waals surface area (Å²) >= 11 is 0. The van der Waals surface area contributed by atoms with E-state index in [4.69, 9.17) is 18.9 Å². The number of esters is 2. The maximum Gasteiger partial charge on any atom is 0.338 e. The lowest BCUT2D eigenvalue weighted by molar-refractivity contribution is -0.191. The van der Waals surface area contributed by atoms with Gasteiger partial charge in [-0.25, -0.2) is 4.79 Å². The second kappa shape index (κ2) is 13.7. The first-order valence-electron chi connectivity index (χ1n) is 15.5. The lowest BCUT2D eigenvalue weighted by Crippen LogP contribution is -2.31. The highest BCUT2D eigenvalue weighted by atomic mass is 16.7. The van der Waals surface area contributed by atoms with Gasteiger partial charge < -0.3 is 18.9 Å². The van der Waals surface area contributed by atoms with Crippen molar-refractivity contribution in [2.24, 2.45) is 11.8 Å². The van der Waals surface area contributed by atoms with Crippen LogP contribution in [0.25, 0.3) is 11.1 Å². The number of rotatable bonds is 11. The summed E-state index contributed by atoms with van der Waals surface area (Å²) in [5.74, 6) is -0.368. The second-order valence-corrected chi connectivity index (χ2v) is 11.8. The maximum atomic E-state index is 13.3. The van der Waals surface area contributed by atoms with Gasteiger partial charge in [0.2, 0.25) is 0 Å². The smallest absolute Gasteiger partial charge is 0.338 e. The van der Waals surface area contributed by atoms with E-state index in [0.29, 0.717) is 18.4 Å². The van der Waals surface area contributed by atoms with Crippen LogP contribution in [0, 0.1) is 11.8 Å². The third kappa shape index (κ3) is 7.11. The van der Waals surface area contributed by atoms with E-state index in [-0.39, 0.29) is 48.4 Å². The minimum absolute atomic E-state index is 0.0206. The third-order valence-corrected chi connectivity index (χ3v) is 9.04. The van der Waals surface area contributed by atoms with Crippen molar-refractivity contribution in [3.63, 3.8) is 0 Å². The number of benzene rings is 3. The molecule has 3 aliphatic rings. The van der Waals surface area contributed by atoms with Gasteiger partial charge in [-0.05, 0) is 73.8 Å². The standard InChI is InChI=1S/C36H40O6/c37-34-23-31-30(21-20-29(40-35-13-7-8-22-39-35)19-14-25-9-3-1-4-10-25)32(24-33(31)41-34)42-36(38)28-17-15-27(16-18-28)26-11-5-2-6-12-26/h1-6,9-12,15-18,29-33,35H,7-8,13-14,19-24H2/t29-,30?,31?,32?,33?,35+/m0/s1. The molecular formula is C36H40O6. The third-order valence-electron chi connectivity index (χ3n) is 9.04. The van der Waals surface area contributed by atoms with Crippen LogP contribution in [0.3, 0.4) is 0 Å². The highest BCUT2D eigenvalue weighted by Gasteiger charge is 2.51. The lowest BCUT2D eigenvalue weighted by Gasteiger charge is -2.30. The Morgan fingerprint density at radius 3 is 2.36 bits per heavy atom. The molecule has 1 aliphatic carbocycles. The number of hydrogen-bond donors (Lipinski definition) is 0. The molecule has 6 atom stereocenters. The molecule has 0 amide bonds. The molecule has 3 aromatic rings. The van der Waals surface area contributed by atoms with Crippen molar-refractivity contribution in [2.45, 2.75) is 82.4 Å². The average molecular weight is 569 g/mol. The van der Waals surface area contributed by atoms with E-state index in [2.05, 4.69) is 24.3 Å². The summed E-state index contributed by atoms with van der Waals surface area (Å²) in [4.78, 5) is 25.5. The molecule has 4 unspecified atom stereocenters. The Kier molecular flexibility index (Phi) is 9.31. The van der Waals surface area contributed by atoms with E-state index in [1.54, 1.807) is 0 Å². The summed E-state index contributed by atoms with van der Waals surface area (Å²) in [6.07, 6.45) is 6.85. The minimum atomic E-state index is -0.330. The van der Waals surface area contributed by atoms with E-state index in [0.717, 1.165) is 62.7 Å². The van der Waals surface area contributed by atoms with Gasteiger partial charge in [-0.2, -0.15) is 0 Å². The Morgan fingerprint density at radius 2 is 1.62 bits per heavy atom. The van der Waals surface area contributed by atoms with Crippen LogP contribution >= 0.6 is 0 Å². The first-order valence-corrected chi connectivity index (χ1v) is 15.5. The number of carbonyl (C=O) groups is 2. The van der Waals surface area contributed by atoms with Crippen molar-refractivity contribution in [1.82, 2.24) is 0 Å². The predicted octanol–water partition coefficient (Wildman–Crippen LogP) is 7.16. The van der Waals surface area contributed by atoms with Crippen molar-refractivity contribution in [3.05, 3.63) is 96.1 Å². The molecule has 0 bridgehead atoms.